The molecule has 0 amide bonds. The monoisotopic (exact) mass is 342 g/mol. The molecular weight excluding hydrogens is 335 g/mol. The SMILES string of the molecule is C#CC(I)n1nc(-c2ccccc2)sc1=O. The van der Waals surface area contributed by atoms with Crippen molar-refractivity contribution in [2.24, 2.45) is 0 Å². The molecular formula is C11H7IN2OS. The van der Waals surface area contributed by atoms with Gasteiger partial charge in [-0.1, -0.05) is 47.6 Å². The van der Waals surface area contributed by atoms with Crippen molar-refractivity contribution in [3.8, 4) is 22.9 Å². The number of terminal acetylenes is 1. The van der Waals surface area contributed by atoms with Gasteiger partial charge in [-0.2, -0.15) is 9.78 Å². The number of nitrogens with zero attached hydrogens (tertiary/aromatic N) is 2. The van der Waals surface area contributed by atoms with Crippen molar-refractivity contribution in [1.29, 1.82) is 0 Å². The molecule has 1 atom stereocenters. The molecule has 0 fully saturated rings. The second-order valence-corrected chi connectivity index (χ2v) is 5.11. The molecule has 0 aliphatic heterocycles. The smallest absolute Gasteiger partial charge is 0.255 e. The summed E-state index contributed by atoms with van der Waals surface area (Å²) in [5, 5.41) is 4.92. The molecule has 1 heterocycles. The number of hydrogen-bond acceptors (Lipinski definition) is 3. The zero-order valence-corrected chi connectivity index (χ0v) is 11.1. The van der Waals surface area contributed by atoms with Crippen LogP contribution in [0.5, 0.6) is 0 Å². The predicted molar refractivity (Wildman–Crippen MR) is 73.7 cm³/mol. The van der Waals surface area contributed by atoms with Crippen LogP contribution in [0.4, 0.5) is 0 Å². The van der Waals surface area contributed by atoms with Crippen LogP contribution in [-0.2, 0) is 0 Å². The van der Waals surface area contributed by atoms with Gasteiger partial charge in [-0.15, -0.1) is 6.42 Å². The minimum Gasteiger partial charge on any atom is -0.255 e. The van der Waals surface area contributed by atoms with Crippen molar-refractivity contribution < 1.29 is 0 Å². The lowest BCUT2D eigenvalue weighted by atomic mass is 10.2. The third kappa shape index (κ3) is 2.18. The molecule has 0 saturated heterocycles. The van der Waals surface area contributed by atoms with Gasteiger partial charge in [0.25, 0.3) is 0 Å². The molecule has 2 aromatic rings. The topological polar surface area (TPSA) is 34.9 Å². The molecule has 2 rings (SSSR count). The average molecular weight is 342 g/mol. The summed E-state index contributed by atoms with van der Waals surface area (Å²) >= 11 is 3.11. The highest BCUT2D eigenvalue weighted by molar-refractivity contribution is 14.1. The molecule has 3 nitrogen and oxygen atoms in total. The van der Waals surface area contributed by atoms with Crippen LogP contribution in [-0.4, -0.2) is 9.78 Å². The van der Waals surface area contributed by atoms with Crippen molar-refractivity contribution in [3.05, 3.63) is 40.0 Å². The van der Waals surface area contributed by atoms with Gasteiger partial charge in [0.2, 0.25) is 0 Å². The van der Waals surface area contributed by atoms with E-state index in [9.17, 15) is 4.79 Å². The number of benzene rings is 1. The zero-order valence-electron chi connectivity index (χ0n) is 8.13. The molecule has 1 aromatic heterocycles. The molecule has 16 heavy (non-hydrogen) atoms. The number of halogens is 1. The van der Waals surface area contributed by atoms with E-state index in [4.69, 9.17) is 6.42 Å². The fourth-order valence-corrected chi connectivity index (χ4v) is 2.55. The van der Waals surface area contributed by atoms with E-state index in [2.05, 4.69) is 11.0 Å². The van der Waals surface area contributed by atoms with Crippen LogP contribution in [0.25, 0.3) is 10.6 Å². The predicted octanol–water partition coefficient (Wildman–Crippen LogP) is 2.54. The first-order valence-corrected chi connectivity index (χ1v) is 6.54. The van der Waals surface area contributed by atoms with E-state index in [0.717, 1.165) is 16.9 Å². The Morgan fingerprint density at radius 3 is 2.75 bits per heavy atom. The van der Waals surface area contributed by atoms with Gasteiger partial charge >= 0.3 is 4.87 Å². The molecule has 0 bridgehead atoms. The third-order valence-electron chi connectivity index (χ3n) is 1.94. The van der Waals surface area contributed by atoms with Crippen LogP contribution in [0.1, 0.15) is 4.05 Å². The van der Waals surface area contributed by atoms with Crippen molar-refractivity contribution in [2.75, 3.05) is 0 Å². The maximum atomic E-state index is 11.6. The molecule has 0 radical (unpaired) electrons. The summed E-state index contributed by atoms with van der Waals surface area (Å²) in [7, 11) is 0. The van der Waals surface area contributed by atoms with E-state index in [1.807, 2.05) is 52.9 Å². The highest BCUT2D eigenvalue weighted by Crippen LogP contribution is 2.21. The molecule has 0 saturated carbocycles. The number of hydrogen-bond donors (Lipinski definition) is 0. The minimum absolute atomic E-state index is 0.129. The van der Waals surface area contributed by atoms with Gasteiger partial charge in [-0.25, -0.2) is 0 Å². The highest BCUT2D eigenvalue weighted by Gasteiger charge is 2.12. The van der Waals surface area contributed by atoms with Crippen molar-refractivity contribution in [2.45, 2.75) is 4.05 Å². The molecule has 0 N–H and O–H groups in total. The Labute approximate surface area is 110 Å². The third-order valence-corrected chi connectivity index (χ3v) is 3.70. The van der Waals surface area contributed by atoms with Crippen LogP contribution in [0.3, 0.4) is 0 Å². The number of alkyl halides is 1. The summed E-state index contributed by atoms with van der Waals surface area (Å²) in [5.41, 5.74) is 0.934. The Hall–Kier alpha value is -1.13. The first kappa shape index (κ1) is 11.4. The van der Waals surface area contributed by atoms with Crippen molar-refractivity contribution >= 4 is 33.9 Å². The van der Waals surface area contributed by atoms with Gasteiger partial charge in [0.15, 0.2) is 4.05 Å². The van der Waals surface area contributed by atoms with E-state index in [0.29, 0.717) is 5.01 Å². The lowest BCUT2D eigenvalue weighted by molar-refractivity contribution is 0.700. The first-order chi connectivity index (χ1) is 7.72. The van der Waals surface area contributed by atoms with E-state index in [-0.39, 0.29) is 8.92 Å². The maximum Gasteiger partial charge on any atom is 0.327 e. The van der Waals surface area contributed by atoms with Crippen LogP contribution < -0.4 is 4.87 Å². The molecule has 5 heteroatoms. The lowest BCUT2D eigenvalue weighted by Gasteiger charge is -1.99. The summed E-state index contributed by atoms with van der Waals surface area (Å²) in [6.45, 7) is 0. The second kappa shape index (κ2) is 4.80. The molecule has 0 aliphatic rings. The lowest BCUT2D eigenvalue weighted by Crippen LogP contribution is -2.15. The number of aromatic nitrogens is 2. The second-order valence-electron chi connectivity index (χ2n) is 2.99. The Kier molecular flexibility index (Phi) is 3.41. The van der Waals surface area contributed by atoms with Gasteiger partial charge < -0.3 is 0 Å². The standard InChI is InChI=1S/C11H7IN2OS/c1-2-9(12)14-11(15)16-10(13-14)8-6-4-3-5-7-8/h1,3-7,9H. The van der Waals surface area contributed by atoms with Crippen molar-refractivity contribution in [3.63, 3.8) is 0 Å². The van der Waals surface area contributed by atoms with Gasteiger partial charge in [-0.3, -0.25) is 4.79 Å². The number of rotatable bonds is 2. The average Bonchev–Trinajstić information content (AvgIpc) is 2.71. The van der Waals surface area contributed by atoms with E-state index >= 15 is 0 Å². The molecule has 0 aliphatic carbocycles. The molecule has 1 unspecified atom stereocenters. The van der Waals surface area contributed by atoms with Gasteiger partial charge in [-0.05, 0) is 22.6 Å². The largest absolute Gasteiger partial charge is 0.327 e. The molecule has 80 valence electrons. The minimum atomic E-state index is -0.334. The van der Waals surface area contributed by atoms with Crippen LogP contribution >= 0.6 is 33.9 Å². The Balaban J connectivity index is 2.48. The van der Waals surface area contributed by atoms with Crippen LogP contribution in [0.2, 0.25) is 0 Å². The van der Waals surface area contributed by atoms with E-state index < -0.39 is 0 Å². The Morgan fingerprint density at radius 1 is 1.44 bits per heavy atom. The normalized spacial score (nSPS) is 12.0. The zero-order chi connectivity index (χ0) is 11.5. The van der Waals surface area contributed by atoms with Gasteiger partial charge in [0.1, 0.15) is 5.01 Å². The summed E-state index contributed by atoms with van der Waals surface area (Å²) in [4.78, 5) is 11.5. The molecule has 0 spiro atoms. The maximum absolute atomic E-state index is 11.6. The van der Waals surface area contributed by atoms with Gasteiger partial charge in [0, 0.05) is 5.56 Å². The first-order valence-electron chi connectivity index (χ1n) is 4.47. The fraction of sp³-hybridized carbons (Fsp3) is 0.0909. The summed E-state index contributed by atoms with van der Waals surface area (Å²) in [5.74, 6) is 2.48. The fourth-order valence-electron chi connectivity index (χ4n) is 1.20. The quantitative estimate of drug-likeness (QED) is 0.478. The highest BCUT2D eigenvalue weighted by atomic mass is 127. The van der Waals surface area contributed by atoms with E-state index in [1.54, 1.807) is 0 Å². The Morgan fingerprint density at radius 2 is 2.12 bits per heavy atom. The Bertz CT molecular complexity index is 582. The van der Waals surface area contributed by atoms with Crippen molar-refractivity contribution in [1.82, 2.24) is 9.78 Å². The van der Waals surface area contributed by atoms with Crippen LogP contribution in [0, 0.1) is 12.3 Å². The van der Waals surface area contributed by atoms with E-state index in [1.165, 1.54) is 4.68 Å². The van der Waals surface area contributed by atoms with Gasteiger partial charge in [0.05, 0.1) is 0 Å². The summed E-state index contributed by atoms with van der Waals surface area (Å²) in [6.07, 6.45) is 5.27. The summed E-state index contributed by atoms with van der Waals surface area (Å²) < 4.78 is 0.993. The van der Waals surface area contributed by atoms with Crippen LogP contribution in [0.15, 0.2) is 35.1 Å². The summed E-state index contributed by atoms with van der Waals surface area (Å²) in [6, 6.07) is 9.58. The molecule has 1 aromatic carbocycles.